The highest BCUT2D eigenvalue weighted by Gasteiger charge is 2.65. The monoisotopic (exact) mass is 500 g/mol. The van der Waals surface area contributed by atoms with E-state index >= 15 is 0 Å². The van der Waals surface area contributed by atoms with E-state index in [0.717, 1.165) is 29.8 Å². The van der Waals surface area contributed by atoms with Gasteiger partial charge in [-0.1, -0.05) is 19.9 Å². The average molecular weight is 501 g/mol. The van der Waals surface area contributed by atoms with Crippen molar-refractivity contribution in [3.05, 3.63) is 77.5 Å². The number of hydrogen-bond acceptors (Lipinski definition) is 7. The predicted molar refractivity (Wildman–Crippen MR) is 130 cm³/mol. The van der Waals surface area contributed by atoms with Crippen LogP contribution in [0.3, 0.4) is 0 Å². The molecule has 3 heterocycles. The van der Waals surface area contributed by atoms with Crippen LogP contribution in [0, 0.1) is 17.0 Å². The Morgan fingerprint density at radius 3 is 2.51 bits per heavy atom. The maximum absolute atomic E-state index is 14.5. The van der Waals surface area contributed by atoms with Crippen molar-refractivity contribution in [1.29, 1.82) is 0 Å². The van der Waals surface area contributed by atoms with Gasteiger partial charge in [-0.15, -0.1) is 5.10 Å². The molecule has 186 valence electrons. The second kappa shape index (κ2) is 8.05. The van der Waals surface area contributed by atoms with E-state index in [4.69, 9.17) is 10.7 Å². The van der Waals surface area contributed by atoms with Gasteiger partial charge in [0.25, 0.3) is 0 Å². The Morgan fingerprint density at radius 1 is 1.08 bits per heavy atom. The number of nitrogens with one attached hydrogen (secondary N) is 1. The van der Waals surface area contributed by atoms with Gasteiger partial charge in [-0.05, 0) is 54.0 Å². The van der Waals surface area contributed by atoms with Crippen molar-refractivity contribution in [2.45, 2.75) is 38.0 Å². The molecule has 1 aromatic carbocycles. The quantitative estimate of drug-likeness (QED) is 0.425. The van der Waals surface area contributed by atoms with E-state index in [0.29, 0.717) is 11.4 Å². The van der Waals surface area contributed by atoms with Crippen LogP contribution in [0.1, 0.15) is 49.6 Å². The lowest BCUT2D eigenvalue weighted by molar-refractivity contribution is 0.243. The zero-order valence-electron chi connectivity index (χ0n) is 20.0. The zero-order valence-corrected chi connectivity index (χ0v) is 20.0. The molecule has 9 nitrogen and oxygen atoms in total. The topological polar surface area (TPSA) is 132 Å². The van der Waals surface area contributed by atoms with E-state index in [1.54, 1.807) is 12.3 Å². The van der Waals surface area contributed by atoms with E-state index in [-0.39, 0.29) is 28.5 Å². The van der Waals surface area contributed by atoms with Crippen molar-refractivity contribution in [2.24, 2.45) is 11.1 Å². The minimum atomic E-state index is -0.759. The Bertz CT molecular complexity index is 1540. The summed E-state index contributed by atoms with van der Waals surface area (Å²) in [5.74, 6) is -0.735. The Hall–Kier alpha value is -4.41. The Balaban J connectivity index is 1.45. The molecule has 0 radical (unpaired) electrons. The van der Waals surface area contributed by atoms with Gasteiger partial charge in [0, 0.05) is 18.6 Å². The van der Waals surface area contributed by atoms with Crippen LogP contribution in [0.5, 0.6) is 0 Å². The van der Waals surface area contributed by atoms with E-state index in [2.05, 4.69) is 44.3 Å². The second-order valence-electron chi connectivity index (χ2n) is 9.90. The van der Waals surface area contributed by atoms with Crippen molar-refractivity contribution >= 4 is 12.0 Å². The van der Waals surface area contributed by atoms with Crippen LogP contribution < -0.4 is 11.1 Å². The Morgan fingerprint density at radius 2 is 1.81 bits per heavy atom. The molecule has 3 N–H and O–H groups in total. The molecule has 2 atom stereocenters. The molecule has 2 aliphatic rings. The number of primary amides is 1. The van der Waals surface area contributed by atoms with Crippen LogP contribution in [0.2, 0.25) is 0 Å². The van der Waals surface area contributed by atoms with E-state index in [1.165, 1.54) is 30.6 Å². The van der Waals surface area contributed by atoms with Gasteiger partial charge in [0.05, 0.1) is 33.6 Å². The molecule has 0 unspecified atom stereocenters. The van der Waals surface area contributed by atoms with Crippen molar-refractivity contribution in [1.82, 2.24) is 30.1 Å². The third-order valence-corrected chi connectivity index (χ3v) is 7.84. The van der Waals surface area contributed by atoms with Crippen molar-refractivity contribution in [3.63, 3.8) is 0 Å². The molecule has 1 saturated carbocycles. The highest BCUT2D eigenvalue weighted by atomic mass is 19.1. The largest absolute Gasteiger partial charge is 0.351 e. The van der Waals surface area contributed by atoms with Crippen LogP contribution in [-0.4, -0.2) is 36.2 Å². The van der Waals surface area contributed by atoms with Gasteiger partial charge in [0.15, 0.2) is 5.82 Å². The molecule has 0 aliphatic heterocycles. The summed E-state index contributed by atoms with van der Waals surface area (Å²) in [5, 5.41) is 11.2. The first-order valence-electron chi connectivity index (χ1n) is 11.8. The molecular formula is C26H22F2N8O. The molecule has 37 heavy (non-hydrogen) atoms. The van der Waals surface area contributed by atoms with Crippen LogP contribution >= 0.6 is 0 Å². The fraction of sp³-hybridized carbons (Fsp3) is 0.269. The van der Waals surface area contributed by atoms with Crippen molar-refractivity contribution in [3.8, 4) is 22.6 Å². The molecule has 1 fully saturated rings. The fourth-order valence-electron chi connectivity index (χ4n) is 6.11. The standard InChI is InChI=1S/C26H22F2N8O/c1-25(2)15-6-8-26(25,21-14(15)10-18(35-36-21)20-16(27)4-3-5-17(20)28)19-7-9-30-22(33-19)13-11-31-24(32-12-13)34-23(29)37/h3-5,7,9-12,15H,6,8H2,1-2H3,(H3,29,31,32,34,37)/t15-,26-/m0/s1. The number of carbonyl (C=O) groups is 1. The van der Waals surface area contributed by atoms with Crippen molar-refractivity contribution < 1.29 is 13.6 Å². The molecular weight excluding hydrogens is 478 g/mol. The number of urea groups is 1. The number of nitrogens with two attached hydrogens (primary N) is 1. The highest BCUT2D eigenvalue weighted by Crippen LogP contribution is 2.69. The van der Waals surface area contributed by atoms with Gasteiger partial charge >= 0.3 is 6.03 Å². The molecule has 2 aliphatic carbocycles. The zero-order chi connectivity index (χ0) is 25.9. The SMILES string of the molecule is CC1(C)[C@H]2CC[C@]1(c1ccnc(-c3cnc(NC(N)=O)nc3)n1)c1nnc(-c3c(F)cccc3F)cc12. The van der Waals surface area contributed by atoms with E-state index in [9.17, 15) is 13.6 Å². The molecule has 2 amide bonds. The third-order valence-electron chi connectivity index (χ3n) is 7.84. The first-order valence-corrected chi connectivity index (χ1v) is 11.8. The van der Waals surface area contributed by atoms with Gasteiger partial charge in [0.1, 0.15) is 11.6 Å². The Kier molecular flexibility index (Phi) is 5.01. The minimum absolute atomic E-state index is 0.0767. The fourth-order valence-corrected chi connectivity index (χ4v) is 6.11. The molecule has 11 heteroatoms. The number of carbonyl (C=O) groups excluding carboxylic acids is 1. The van der Waals surface area contributed by atoms with Crippen LogP contribution in [-0.2, 0) is 5.41 Å². The summed E-state index contributed by atoms with van der Waals surface area (Å²) >= 11 is 0. The lowest BCUT2D eigenvalue weighted by atomic mass is 9.66. The van der Waals surface area contributed by atoms with Crippen LogP contribution in [0.25, 0.3) is 22.6 Å². The van der Waals surface area contributed by atoms with Crippen molar-refractivity contribution in [2.75, 3.05) is 5.32 Å². The summed E-state index contributed by atoms with van der Waals surface area (Å²) in [5.41, 5.74) is 7.34. The molecule has 4 aromatic rings. The predicted octanol–water partition coefficient (Wildman–Crippen LogP) is 4.36. The minimum Gasteiger partial charge on any atom is -0.351 e. The second-order valence-corrected chi connectivity index (χ2v) is 9.90. The van der Waals surface area contributed by atoms with Gasteiger partial charge in [0.2, 0.25) is 5.95 Å². The highest BCUT2D eigenvalue weighted by molar-refractivity contribution is 5.85. The van der Waals surface area contributed by atoms with Crippen LogP contribution in [0.4, 0.5) is 19.5 Å². The van der Waals surface area contributed by atoms with E-state index < -0.39 is 23.1 Å². The summed E-state index contributed by atoms with van der Waals surface area (Å²) in [6.45, 7) is 4.34. The van der Waals surface area contributed by atoms with Gasteiger partial charge < -0.3 is 5.73 Å². The summed E-state index contributed by atoms with van der Waals surface area (Å²) < 4.78 is 29.0. The molecule has 6 rings (SSSR count). The Labute approximate surface area is 210 Å². The maximum Gasteiger partial charge on any atom is 0.319 e. The summed E-state index contributed by atoms with van der Waals surface area (Å²) in [6.07, 6.45) is 6.37. The first kappa shape index (κ1) is 23.0. The lowest BCUT2D eigenvalue weighted by Crippen LogP contribution is -2.38. The van der Waals surface area contributed by atoms with Gasteiger partial charge in [-0.2, -0.15) is 5.10 Å². The molecule has 0 saturated heterocycles. The number of benzene rings is 1. The molecule has 2 bridgehead atoms. The number of fused-ring (bicyclic) bond motifs is 5. The number of amides is 2. The molecule has 3 aromatic heterocycles. The van der Waals surface area contributed by atoms with Crippen LogP contribution in [0.15, 0.2) is 48.9 Å². The number of hydrogen-bond donors (Lipinski definition) is 2. The maximum atomic E-state index is 14.5. The number of aromatic nitrogens is 6. The van der Waals surface area contributed by atoms with E-state index in [1.807, 2.05) is 6.07 Å². The van der Waals surface area contributed by atoms with Gasteiger partial charge in [-0.3, -0.25) is 5.32 Å². The molecule has 0 spiro atoms. The summed E-state index contributed by atoms with van der Waals surface area (Å²) in [7, 11) is 0. The smallest absolute Gasteiger partial charge is 0.319 e. The first-order chi connectivity index (χ1) is 17.7. The number of halogens is 2. The summed E-state index contributed by atoms with van der Waals surface area (Å²) in [6, 6.07) is 6.65. The number of rotatable bonds is 4. The summed E-state index contributed by atoms with van der Waals surface area (Å²) in [4.78, 5) is 28.5. The normalized spacial score (nSPS) is 21.0. The number of anilines is 1. The number of nitrogens with zero attached hydrogens (tertiary/aromatic N) is 6. The third kappa shape index (κ3) is 3.30. The van der Waals surface area contributed by atoms with Gasteiger partial charge in [-0.25, -0.2) is 33.5 Å². The average Bonchev–Trinajstić information content (AvgIpc) is 3.25. The lowest BCUT2D eigenvalue weighted by Gasteiger charge is -2.37.